The van der Waals surface area contributed by atoms with Gasteiger partial charge in [0, 0.05) is 11.1 Å². The van der Waals surface area contributed by atoms with Crippen molar-refractivity contribution in [3.63, 3.8) is 0 Å². The van der Waals surface area contributed by atoms with Gasteiger partial charge in [-0.25, -0.2) is 9.97 Å². The maximum Gasteiger partial charge on any atom is 0.223 e. The summed E-state index contributed by atoms with van der Waals surface area (Å²) in [6.45, 7) is 0. The van der Waals surface area contributed by atoms with Crippen molar-refractivity contribution in [3.05, 3.63) is 169 Å². The molecule has 2 nitrogen and oxygen atoms in total. The van der Waals surface area contributed by atoms with Crippen LogP contribution in [0, 0.1) is 0 Å². The molecule has 0 aliphatic carbocycles. The van der Waals surface area contributed by atoms with Gasteiger partial charge in [-0.15, -0.1) is 0 Å². The molecule has 0 atom stereocenters. The lowest BCUT2D eigenvalue weighted by Crippen LogP contribution is -1.93. The second-order valence-corrected chi connectivity index (χ2v) is 10.8. The van der Waals surface area contributed by atoms with Crippen LogP contribution in [0.1, 0.15) is 0 Å². The summed E-state index contributed by atoms with van der Waals surface area (Å²) in [5.74, 6) is 0. The standard InChI is InChI=1S/C40H27ClN2/c41-40-42-38(36-21-9-19-34(25-36)32-17-7-15-30(23-32)28-11-3-1-4-12-28)27-39(43-40)37-22-10-20-35(26-37)33-18-8-16-31(24-33)29-13-5-2-6-14-29/h1-27H. The number of halogens is 1. The van der Waals surface area contributed by atoms with Gasteiger partial charge in [-0.1, -0.05) is 133 Å². The number of benzene rings is 6. The second kappa shape index (κ2) is 11.9. The van der Waals surface area contributed by atoms with Crippen molar-refractivity contribution in [1.29, 1.82) is 0 Å². The van der Waals surface area contributed by atoms with Crippen LogP contribution in [0.4, 0.5) is 0 Å². The van der Waals surface area contributed by atoms with Crippen molar-refractivity contribution >= 4 is 11.6 Å². The van der Waals surface area contributed by atoms with Gasteiger partial charge in [0.2, 0.25) is 5.28 Å². The lowest BCUT2D eigenvalue weighted by atomic mass is 9.96. The molecule has 204 valence electrons. The lowest BCUT2D eigenvalue weighted by Gasteiger charge is -2.11. The molecule has 0 spiro atoms. The Morgan fingerprint density at radius 3 is 0.930 bits per heavy atom. The highest BCUT2D eigenvalue weighted by molar-refractivity contribution is 6.28. The van der Waals surface area contributed by atoms with Crippen LogP contribution >= 0.6 is 11.6 Å². The van der Waals surface area contributed by atoms with E-state index in [1.54, 1.807) is 0 Å². The van der Waals surface area contributed by atoms with Crippen molar-refractivity contribution in [2.75, 3.05) is 0 Å². The fraction of sp³-hybridized carbons (Fsp3) is 0. The van der Waals surface area contributed by atoms with Gasteiger partial charge in [-0.2, -0.15) is 0 Å². The van der Waals surface area contributed by atoms with Crippen LogP contribution in [-0.4, -0.2) is 9.97 Å². The van der Waals surface area contributed by atoms with Crippen LogP contribution in [0.5, 0.6) is 0 Å². The molecule has 6 aromatic carbocycles. The molecule has 0 fully saturated rings. The summed E-state index contributed by atoms with van der Waals surface area (Å²) in [4.78, 5) is 9.22. The maximum absolute atomic E-state index is 6.52. The van der Waals surface area contributed by atoms with E-state index < -0.39 is 0 Å². The van der Waals surface area contributed by atoms with E-state index in [0.717, 1.165) is 44.8 Å². The van der Waals surface area contributed by atoms with E-state index in [0.29, 0.717) is 0 Å². The van der Waals surface area contributed by atoms with Gasteiger partial charge in [-0.3, -0.25) is 0 Å². The Hall–Kier alpha value is -5.31. The Morgan fingerprint density at radius 2 is 0.558 bits per heavy atom. The average molecular weight is 571 g/mol. The van der Waals surface area contributed by atoms with E-state index in [4.69, 9.17) is 11.6 Å². The Bertz CT molecular complexity index is 1890. The van der Waals surface area contributed by atoms with Crippen molar-refractivity contribution in [3.8, 4) is 67.0 Å². The van der Waals surface area contributed by atoms with Crippen LogP contribution < -0.4 is 0 Å². The van der Waals surface area contributed by atoms with Gasteiger partial charge < -0.3 is 0 Å². The van der Waals surface area contributed by atoms with Crippen molar-refractivity contribution < 1.29 is 0 Å². The molecule has 0 radical (unpaired) electrons. The highest BCUT2D eigenvalue weighted by atomic mass is 35.5. The summed E-state index contributed by atoms with van der Waals surface area (Å²) in [5, 5.41) is 0.223. The number of hydrogen-bond donors (Lipinski definition) is 0. The quantitative estimate of drug-likeness (QED) is 0.186. The molecule has 1 heterocycles. The summed E-state index contributed by atoms with van der Waals surface area (Å²) >= 11 is 6.52. The highest BCUT2D eigenvalue weighted by Gasteiger charge is 2.11. The van der Waals surface area contributed by atoms with Gasteiger partial charge in [0.25, 0.3) is 0 Å². The van der Waals surface area contributed by atoms with Gasteiger partial charge >= 0.3 is 0 Å². The van der Waals surface area contributed by atoms with Crippen molar-refractivity contribution in [2.24, 2.45) is 0 Å². The molecule has 43 heavy (non-hydrogen) atoms. The largest absolute Gasteiger partial charge is 0.223 e. The minimum absolute atomic E-state index is 0.223. The minimum Gasteiger partial charge on any atom is -0.218 e. The first-order valence-corrected chi connectivity index (χ1v) is 14.6. The summed E-state index contributed by atoms with van der Waals surface area (Å²) < 4.78 is 0. The van der Waals surface area contributed by atoms with E-state index in [9.17, 15) is 0 Å². The second-order valence-electron chi connectivity index (χ2n) is 10.5. The van der Waals surface area contributed by atoms with Crippen LogP contribution in [0.3, 0.4) is 0 Å². The third-order valence-electron chi connectivity index (χ3n) is 7.62. The monoisotopic (exact) mass is 570 g/mol. The van der Waals surface area contributed by atoms with E-state index in [1.165, 1.54) is 22.3 Å². The van der Waals surface area contributed by atoms with Crippen LogP contribution in [0.25, 0.3) is 67.0 Å². The SMILES string of the molecule is Clc1nc(-c2cccc(-c3cccc(-c4ccccc4)c3)c2)cc(-c2cccc(-c3cccc(-c4ccccc4)c3)c2)n1. The molecule has 0 amide bonds. The summed E-state index contributed by atoms with van der Waals surface area (Å²) in [6, 6.07) is 57.0. The third kappa shape index (κ3) is 5.88. The fourth-order valence-corrected chi connectivity index (χ4v) is 5.63. The summed E-state index contributed by atoms with van der Waals surface area (Å²) in [6.07, 6.45) is 0. The predicted octanol–water partition coefficient (Wildman–Crippen LogP) is 11.1. The van der Waals surface area contributed by atoms with Crippen LogP contribution in [0.15, 0.2) is 164 Å². The first-order chi connectivity index (χ1) is 21.2. The van der Waals surface area contributed by atoms with Gasteiger partial charge in [0.1, 0.15) is 0 Å². The number of rotatable bonds is 6. The Morgan fingerprint density at radius 1 is 0.279 bits per heavy atom. The molecule has 7 aromatic rings. The van der Waals surface area contributed by atoms with E-state index in [-0.39, 0.29) is 5.28 Å². The summed E-state index contributed by atoms with van der Waals surface area (Å²) in [5.41, 5.74) is 12.8. The van der Waals surface area contributed by atoms with Gasteiger partial charge in [0.15, 0.2) is 0 Å². The zero-order chi connectivity index (χ0) is 29.0. The molecular formula is C40H27ClN2. The molecule has 0 aliphatic heterocycles. The minimum atomic E-state index is 0.223. The molecule has 1 aromatic heterocycles. The lowest BCUT2D eigenvalue weighted by molar-refractivity contribution is 1.18. The Labute approximate surface area is 257 Å². The predicted molar refractivity (Wildman–Crippen MR) is 180 cm³/mol. The van der Waals surface area contributed by atoms with E-state index in [2.05, 4.69) is 156 Å². The molecule has 0 saturated carbocycles. The zero-order valence-electron chi connectivity index (χ0n) is 23.4. The maximum atomic E-state index is 6.52. The molecule has 0 saturated heterocycles. The zero-order valence-corrected chi connectivity index (χ0v) is 24.1. The summed E-state index contributed by atoms with van der Waals surface area (Å²) in [7, 11) is 0. The smallest absolute Gasteiger partial charge is 0.218 e. The van der Waals surface area contributed by atoms with E-state index >= 15 is 0 Å². The van der Waals surface area contributed by atoms with Gasteiger partial charge in [0.05, 0.1) is 11.4 Å². The number of nitrogens with zero attached hydrogens (tertiary/aromatic N) is 2. The third-order valence-corrected chi connectivity index (χ3v) is 7.79. The Balaban J connectivity index is 1.22. The Kier molecular flexibility index (Phi) is 7.35. The average Bonchev–Trinajstić information content (AvgIpc) is 3.09. The van der Waals surface area contributed by atoms with E-state index in [1.807, 2.05) is 18.2 Å². The van der Waals surface area contributed by atoms with Gasteiger partial charge in [-0.05, 0) is 86.4 Å². The number of aromatic nitrogens is 2. The first kappa shape index (κ1) is 26.6. The topological polar surface area (TPSA) is 25.8 Å². The molecule has 3 heteroatoms. The number of hydrogen-bond acceptors (Lipinski definition) is 2. The molecule has 7 rings (SSSR count). The van der Waals surface area contributed by atoms with Crippen LogP contribution in [-0.2, 0) is 0 Å². The normalized spacial score (nSPS) is 10.9. The highest BCUT2D eigenvalue weighted by Crippen LogP contribution is 2.33. The van der Waals surface area contributed by atoms with Crippen LogP contribution in [0.2, 0.25) is 5.28 Å². The first-order valence-electron chi connectivity index (χ1n) is 14.3. The van der Waals surface area contributed by atoms with Crippen molar-refractivity contribution in [2.45, 2.75) is 0 Å². The molecular weight excluding hydrogens is 544 g/mol. The molecule has 0 unspecified atom stereocenters. The molecule has 0 N–H and O–H groups in total. The molecule has 0 aliphatic rings. The molecule has 0 bridgehead atoms. The fourth-order valence-electron chi connectivity index (χ4n) is 5.45. The van der Waals surface area contributed by atoms with Crippen molar-refractivity contribution in [1.82, 2.24) is 9.97 Å².